The van der Waals surface area contributed by atoms with Crippen molar-refractivity contribution in [2.24, 2.45) is 22.7 Å². The number of Topliss-reactive ketones (excluding diaryl/α,β-unsaturated/α-hetero) is 2. The number of allylic oxidation sites excluding steroid dienone is 3. The van der Waals surface area contributed by atoms with Crippen LogP contribution in [0, 0.1) is 22.7 Å². The van der Waals surface area contributed by atoms with Crippen LogP contribution < -0.4 is 0 Å². The molecular weight excluding hydrogens is 363 g/mol. The highest BCUT2D eigenvalue weighted by Gasteiger charge is 2.72. The first-order valence-corrected chi connectivity index (χ1v) is 9.81. The van der Waals surface area contributed by atoms with Crippen LogP contribution in [0.15, 0.2) is 36.0 Å². The minimum Gasteiger partial charge on any atom is -0.388 e. The first-order chi connectivity index (χ1) is 13.0. The third-order valence-electron chi connectivity index (χ3n) is 8.37. The van der Waals surface area contributed by atoms with Gasteiger partial charge in [0.25, 0.3) is 0 Å². The molecule has 4 aliphatic carbocycles. The number of carbonyl (C=O) groups is 2. The molecule has 0 radical (unpaired) electrons. The van der Waals surface area contributed by atoms with Crippen LogP contribution in [-0.2, 0) is 9.59 Å². The first kappa shape index (κ1) is 19.7. The van der Waals surface area contributed by atoms with E-state index in [0.717, 1.165) is 0 Å². The lowest BCUT2D eigenvalue weighted by molar-refractivity contribution is -0.170. The Kier molecular flexibility index (Phi) is 4.01. The summed E-state index contributed by atoms with van der Waals surface area (Å²) in [5, 5.41) is 30.6. The van der Waals surface area contributed by atoms with Crippen LogP contribution in [0.5, 0.6) is 0 Å². The Labute approximate surface area is 163 Å². The molecule has 152 valence electrons. The predicted molar refractivity (Wildman–Crippen MR) is 99.9 cm³/mol. The van der Waals surface area contributed by atoms with Crippen molar-refractivity contribution in [1.82, 2.24) is 0 Å². The van der Waals surface area contributed by atoms with Gasteiger partial charge in [0.15, 0.2) is 17.2 Å². The summed E-state index contributed by atoms with van der Waals surface area (Å²) in [5.41, 5.74) is -4.67. The lowest BCUT2D eigenvalue weighted by Crippen LogP contribution is -2.63. The van der Waals surface area contributed by atoms with Crippen molar-refractivity contribution in [1.29, 1.82) is 0 Å². The number of ketones is 2. The molecule has 0 aromatic rings. The molecule has 0 bridgehead atoms. The van der Waals surface area contributed by atoms with E-state index >= 15 is 4.39 Å². The van der Waals surface area contributed by atoms with Crippen molar-refractivity contribution in [2.75, 3.05) is 6.61 Å². The van der Waals surface area contributed by atoms with Gasteiger partial charge in [0.05, 0.1) is 0 Å². The largest absolute Gasteiger partial charge is 0.388 e. The number of hydrogen-bond acceptors (Lipinski definition) is 5. The standard InChI is InChI=1S/C22H27FO5/c1-12-8-15-14-5-4-13-9-16(25)17(26)10-20(13,3)21(14,23)7-6-19(15,2)22(12,28)18(27)11-24/h4-5,9,14-16,24-25,28H,1,6-8,10-11H2,2-3H3/t14-,15-,16?,19-,20-,21+,22-/m0/s1. The molecule has 0 amide bonds. The molecule has 4 rings (SSSR count). The van der Waals surface area contributed by atoms with E-state index in [-0.39, 0.29) is 31.6 Å². The first-order valence-electron chi connectivity index (χ1n) is 9.81. The zero-order valence-electron chi connectivity index (χ0n) is 16.2. The minimum absolute atomic E-state index is 0.0700. The van der Waals surface area contributed by atoms with Gasteiger partial charge in [-0.05, 0) is 42.4 Å². The Morgan fingerprint density at radius 2 is 2.04 bits per heavy atom. The number of fused-ring (bicyclic) bond motifs is 5. The molecule has 7 atom stereocenters. The number of aliphatic hydroxyl groups is 3. The molecule has 28 heavy (non-hydrogen) atoms. The molecule has 4 aliphatic rings. The molecule has 5 nitrogen and oxygen atoms in total. The van der Waals surface area contributed by atoms with Gasteiger partial charge >= 0.3 is 0 Å². The fourth-order valence-electron chi connectivity index (χ4n) is 6.52. The van der Waals surface area contributed by atoms with Crippen LogP contribution in [0.1, 0.15) is 39.5 Å². The second-order valence-corrected chi connectivity index (χ2v) is 9.41. The van der Waals surface area contributed by atoms with Crippen LogP contribution >= 0.6 is 0 Å². The summed E-state index contributed by atoms with van der Waals surface area (Å²) < 4.78 is 16.7. The molecule has 0 saturated heterocycles. The second kappa shape index (κ2) is 5.71. The molecule has 3 N–H and O–H groups in total. The Bertz CT molecular complexity index is 846. The third kappa shape index (κ3) is 2.01. The maximum absolute atomic E-state index is 16.7. The zero-order valence-corrected chi connectivity index (χ0v) is 16.2. The summed E-state index contributed by atoms with van der Waals surface area (Å²) in [7, 11) is 0. The molecule has 2 fully saturated rings. The van der Waals surface area contributed by atoms with Gasteiger partial charge in [-0.1, -0.05) is 32.6 Å². The maximum Gasteiger partial charge on any atom is 0.194 e. The zero-order chi connectivity index (χ0) is 20.7. The van der Waals surface area contributed by atoms with Crippen molar-refractivity contribution in [3.8, 4) is 0 Å². The van der Waals surface area contributed by atoms with E-state index in [1.165, 1.54) is 6.08 Å². The van der Waals surface area contributed by atoms with Crippen molar-refractivity contribution in [3.05, 3.63) is 36.0 Å². The highest BCUT2D eigenvalue weighted by molar-refractivity contribution is 5.93. The molecule has 0 spiro atoms. The number of alkyl halides is 1. The molecular formula is C22H27FO5. The Balaban J connectivity index is 1.83. The SMILES string of the molecule is C=C1C[C@H]2[C@@H]3C=CC4=CC(O)C(=O)C[C@]4(C)[C@@]3(F)CC[C@]2(C)[C@@]1(O)C(=O)CO. The van der Waals surface area contributed by atoms with Gasteiger partial charge in [0.2, 0.25) is 0 Å². The second-order valence-electron chi connectivity index (χ2n) is 9.41. The molecule has 0 heterocycles. The highest BCUT2D eigenvalue weighted by atomic mass is 19.1. The fourth-order valence-corrected chi connectivity index (χ4v) is 6.52. The van der Waals surface area contributed by atoms with Gasteiger partial charge in [0, 0.05) is 23.2 Å². The molecule has 6 heteroatoms. The number of carbonyl (C=O) groups excluding carboxylic acids is 2. The Hall–Kier alpha value is -1.63. The third-order valence-corrected chi connectivity index (χ3v) is 8.37. The van der Waals surface area contributed by atoms with Crippen LogP contribution in [-0.4, -0.2) is 50.9 Å². The van der Waals surface area contributed by atoms with Crippen LogP contribution in [0.4, 0.5) is 4.39 Å². The average Bonchev–Trinajstić information content (AvgIpc) is 2.85. The number of halogens is 1. The van der Waals surface area contributed by atoms with Crippen LogP contribution in [0.25, 0.3) is 0 Å². The van der Waals surface area contributed by atoms with E-state index in [2.05, 4.69) is 6.58 Å². The van der Waals surface area contributed by atoms with E-state index in [9.17, 15) is 24.9 Å². The molecule has 0 aromatic carbocycles. The van der Waals surface area contributed by atoms with E-state index < -0.39 is 52.3 Å². The van der Waals surface area contributed by atoms with E-state index in [0.29, 0.717) is 11.1 Å². The predicted octanol–water partition coefficient (Wildman–Crippen LogP) is 1.82. The lowest BCUT2D eigenvalue weighted by atomic mass is 9.46. The summed E-state index contributed by atoms with van der Waals surface area (Å²) in [5.74, 6) is -2.07. The van der Waals surface area contributed by atoms with Gasteiger partial charge in [0.1, 0.15) is 18.4 Å². The summed E-state index contributed by atoms with van der Waals surface area (Å²) in [6.45, 7) is 6.62. The van der Waals surface area contributed by atoms with Crippen molar-refractivity contribution in [2.45, 2.75) is 56.9 Å². The van der Waals surface area contributed by atoms with Crippen LogP contribution in [0.2, 0.25) is 0 Å². The van der Waals surface area contributed by atoms with E-state index in [4.69, 9.17) is 0 Å². The summed E-state index contributed by atoms with van der Waals surface area (Å²) in [4.78, 5) is 24.7. The summed E-state index contributed by atoms with van der Waals surface area (Å²) in [6.07, 6.45) is 4.28. The summed E-state index contributed by atoms with van der Waals surface area (Å²) in [6, 6.07) is 0. The van der Waals surface area contributed by atoms with Crippen molar-refractivity contribution in [3.63, 3.8) is 0 Å². The van der Waals surface area contributed by atoms with E-state index in [1.807, 2.05) is 0 Å². The molecule has 2 saturated carbocycles. The highest BCUT2D eigenvalue weighted by Crippen LogP contribution is 2.69. The quantitative estimate of drug-likeness (QED) is 0.625. The Morgan fingerprint density at radius 3 is 2.68 bits per heavy atom. The van der Waals surface area contributed by atoms with Crippen molar-refractivity contribution >= 4 is 11.6 Å². The molecule has 0 aromatic heterocycles. The monoisotopic (exact) mass is 390 g/mol. The molecule has 1 unspecified atom stereocenters. The normalized spacial score (nSPS) is 49.9. The number of hydrogen-bond donors (Lipinski definition) is 3. The maximum atomic E-state index is 16.7. The van der Waals surface area contributed by atoms with Gasteiger partial charge in [-0.3, -0.25) is 9.59 Å². The number of rotatable bonds is 2. The van der Waals surface area contributed by atoms with Gasteiger partial charge in [-0.15, -0.1) is 0 Å². The van der Waals surface area contributed by atoms with Gasteiger partial charge < -0.3 is 15.3 Å². The average molecular weight is 390 g/mol. The summed E-state index contributed by atoms with van der Waals surface area (Å²) >= 11 is 0. The topological polar surface area (TPSA) is 94.8 Å². The van der Waals surface area contributed by atoms with E-state index in [1.54, 1.807) is 26.0 Å². The van der Waals surface area contributed by atoms with Gasteiger partial charge in [-0.2, -0.15) is 0 Å². The fraction of sp³-hybridized carbons (Fsp3) is 0.636. The van der Waals surface area contributed by atoms with Crippen molar-refractivity contribution < 1.29 is 29.3 Å². The molecule has 0 aliphatic heterocycles. The number of aliphatic hydroxyl groups excluding tert-OH is 2. The smallest absolute Gasteiger partial charge is 0.194 e. The minimum atomic E-state index is -1.88. The lowest BCUT2D eigenvalue weighted by Gasteiger charge is -2.59. The Morgan fingerprint density at radius 1 is 1.36 bits per heavy atom. The van der Waals surface area contributed by atoms with Gasteiger partial charge in [-0.25, -0.2) is 4.39 Å². The van der Waals surface area contributed by atoms with Crippen LogP contribution in [0.3, 0.4) is 0 Å².